The standard InChI is InChI=1S/C11H14ClN3O/c1-8(2)15-7-9(5-14-15)13-6-10-3-4-11(12)16-10/h3-5,7-8,13H,6H2,1-2H3. The van der Waals surface area contributed by atoms with Gasteiger partial charge in [-0.15, -0.1) is 0 Å². The molecule has 0 aliphatic heterocycles. The molecule has 0 radical (unpaired) electrons. The van der Waals surface area contributed by atoms with Crippen molar-refractivity contribution in [2.75, 3.05) is 5.32 Å². The van der Waals surface area contributed by atoms with E-state index in [4.69, 9.17) is 16.0 Å². The average molecular weight is 240 g/mol. The zero-order valence-electron chi connectivity index (χ0n) is 9.27. The number of hydrogen-bond donors (Lipinski definition) is 1. The Bertz CT molecular complexity index is 461. The van der Waals surface area contributed by atoms with Gasteiger partial charge in [0.25, 0.3) is 0 Å². The highest BCUT2D eigenvalue weighted by Crippen LogP contribution is 2.15. The number of aromatic nitrogens is 2. The number of hydrogen-bond acceptors (Lipinski definition) is 3. The van der Waals surface area contributed by atoms with Crippen LogP contribution in [-0.2, 0) is 6.54 Å². The first-order chi connectivity index (χ1) is 7.65. The van der Waals surface area contributed by atoms with E-state index in [-0.39, 0.29) is 0 Å². The van der Waals surface area contributed by atoms with E-state index in [0.29, 0.717) is 17.8 Å². The minimum absolute atomic E-state index is 0.369. The van der Waals surface area contributed by atoms with Crippen molar-refractivity contribution in [3.63, 3.8) is 0 Å². The van der Waals surface area contributed by atoms with E-state index in [9.17, 15) is 0 Å². The smallest absolute Gasteiger partial charge is 0.193 e. The van der Waals surface area contributed by atoms with Gasteiger partial charge in [0.1, 0.15) is 5.76 Å². The highest BCUT2D eigenvalue weighted by atomic mass is 35.5. The summed E-state index contributed by atoms with van der Waals surface area (Å²) in [6.45, 7) is 4.78. The quantitative estimate of drug-likeness (QED) is 0.890. The Balaban J connectivity index is 1.94. The molecule has 0 saturated carbocycles. The van der Waals surface area contributed by atoms with Gasteiger partial charge in [0.15, 0.2) is 5.22 Å². The van der Waals surface area contributed by atoms with Crippen LogP contribution < -0.4 is 5.32 Å². The lowest BCUT2D eigenvalue weighted by atomic mass is 10.4. The maximum Gasteiger partial charge on any atom is 0.193 e. The maximum absolute atomic E-state index is 5.68. The Morgan fingerprint density at radius 2 is 2.31 bits per heavy atom. The van der Waals surface area contributed by atoms with Crippen LogP contribution in [0.5, 0.6) is 0 Å². The number of halogens is 1. The van der Waals surface area contributed by atoms with Crippen LogP contribution in [0.3, 0.4) is 0 Å². The summed E-state index contributed by atoms with van der Waals surface area (Å²) in [7, 11) is 0. The fourth-order valence-corrected chi connectivity index (χ4v) is 1.51. The molecule has 0 fully saturated rings. The molecule has 0 aliphatic rings. The van der Waals surface area contributed by atoms with E-state index < -0.39 is 0 Å². The molecule has 0 atom stereocenters. The van der Waals surface area contributed by atoms with Crippen LogP contribution in [0, 0.1) is 0 Å². The molecule has 0 bridgehead atoms. The predicted molar refractivity (Wildman–Crippen MR) is 63.7 cm³/mol. The molecule has 0 aromatic carbocycles. The summed E-state index contributed by atoms with van der Waals surface area (Å²) in [4.78, 5) is 0. The monoisotopic (exact) mass is 239 g/mol. The van der Waals surface area contributed by atoms with E-state index in [1.807, 2.05) is 16.9 Å². The third kappa shape index (κ3) is 2.58. The first-order valence-corrected chi connectivity index (χ1v) is 5.55. The van der Waals surface area contributed by atoms with Crippen LogP contribution in [0.4, 0.5) is 5.69 Å². The predicted octanol–water partition coefficient (Wildman–Crippen LogP) is 3.32. The third-order valence-corrected chi connectivity index (χ3v) is 2.43. The van der Waals surface area contributed by atoms with Gasteiger partial charge in [0.2, 0.25) is 0 Å². The van der Waals surface area contributed by atoms with Crippen molar-refractivity contribution < 1.29 is 4.42 Å². The largest absolute Gasteiger partial charge is 0.448 e. The molecule has 2 aromatic heterocycles. The molecule has 0 amide bonds. The van der Waals surface area contributed by atoms with Crippen LogP contribution >= 0.6 is 11.6 Å². The molecule has 0 saturated heterocycles. The van der Waals surface area contributed by atoms with Crippen molar-refractivity contribution in [3.05, 3.63) is 35.5 Å². The molecule has 0 aliphatic carbocycles. The normalized spacial score (nSPS) is 11.0. The number of anilines is 1. The van der Waals surface area contributed by atoms with Gasteiger partial charge in [0.05, 0.1) is 18.4 Å². The molecule has 2 heterocycles. The second-order valence-electron chi connectivity index (χ2n) is 3.86. The van der Waals surface area contributed by atoms with Crippen molar-refractivity contribution >= 4 is 17.3 Å². The highest BCUT2D eigenvalue weighted by Gasteiger charge is 2.03. The van der Waals surface area contributed by atoms with Crippen molar-refractivity contribution in [2.45, 2.75) is 26.4 Å². The zero-order chi connectivity index (χ0) is 11.5. The number of nitrogens with zero attached hydrogens (tertiary/aromatic N) is 2. The van der Waals surface area contributed by atoms with E-state index >= 15 is 0 Å². The van der Waals surface area contributed by atoms with E-state index in [0.717, 1.165) is 11.4 Å². The molecule has 4 nitrogen and oxygen atoms in total. The first-order valence-electron chi connectivity index (χ1n) is 5.17. The van der Waals surface area contributed by atoms with Gasteiger partial charge < -0.3 is 9.73 Å². The second kappa shape index (κ2) is 4.61. The van der Waals surface area contributed by atoms with Crippen molar-refractivity contribution in [3.8, 4) is 0 Å². The topological polar surface area (TPSA) is 43.0 Å². The molecule has 0 unspecified atom stereocenters. The lowest BCUT2D eigenvalue weighted by Gasteiger charge is -2.03. The van der Waals surface area contributed by atoms with Gasteiger partial charge in [-0.3, -0.25) is 4.68 Å². The van der Waals surface area contributed by atoms with Gasteiger partial charge in [-0.25, -0.2) is 0 Å². The first kappa shape index (κ1) is 11.1. The number of nitrogens with one attached hydrogen (secondary N) is 1. The Kier molecular flexibility index (Phi) is 3.19. The average Bonchev–Trinajstić information content (AvgIpc) is 2.83. The van der Waals surface area contributed by atoms with Crippen LogP contribution in [0.2, 0.25) is 5.22 Å². The maximum atomic E-state index is 5.68. The summed E-state index contributed by atoms with van der Waals surface area (Å²) in [6.07, 6.45) is 3.76. The Hall–Kier alpha value is -1.42. The molecule has 0 spiro atoms. The van der Waals surface area contributed by atoms with Gasteiger partial charge >= 0.3 is 0 Å². The molecule has 2 rings (SSSR count). The van der Waals surface area contributed by atoms with E-state index in [2.05, 4.69) is 24.3 Å². The van der Waals surface area contributed by atoms with Crippen LogP contribution in [0.15, 0.2) is 28.9 Å². The molecular weight excluding hydrogens is 226 g/mol. The lowest BCUT2D eigenvalue weighted by molar-refractivity contribution is 0.519. The van der Waals surface area contributed by atoms with Crippen molar-refractivity contribution in [1.82, 2.24) is 9.78 Å². The summed E-state index contributed by atoms with van der Waals surface area (Å²) in [5.41, 5.74) is 0.973. The van der Waals surface area contributed by atoms with E-state index in [1.165, 1.54) is 0 Å². The Labute approximate surface area is 99.2 Å². The molecule has 86 valence electrons. The van der Waals surface area contributed by atoms with Crippen molar-refractivity contribution in [2.24, 2.45) is 0 Å². The summed E-state index contributed by atoms with van der Waals surface area (Å²) in [5, 5.41) is 7.86. The fourth-order valence-electron chi connectivity index (χ4n) is 1.35. The van der Waals surface area contributed by atoms with Gasteiger partial charge in [-0.05, 0) is 37.6 Å². The summed E-state index contributed by atoms with van der Waals surface area (Å²) >= 11 is 5.68. The van der Waals surface area contributed by atoms with Crippen molar-refractivity contribution in [1.29, 1.82) is 0 Å². The second-order valence-corrected chi connectivity index (χ2v) is 4.23. The molecule has 16 heavy (non-hydrogen) atoms. The van der Waals surface area contributed by atoms with Gasteiger partial charge in [-0.2, -0.15) is 5.10 Å². The summed E-state index contributed by atoms with van der Waals surface area (Å²) in [5.74, 6) is 0.808. The minimum atomic E-state index is 0.369. The summed E-state index contributed by atoms with van der Waals surface area (Å²) < 4.78 is 7.14. The molecule has 2 aromatic rings. The summed E-state index contributed by atoms with van der Waals surface area (Å²) in [6, 6.07) is 3.95. The molecule has 1 N–H and O–H groups in total. The van der Waals surface area contributed by atoms with Gasteiger partial charge in [-0.1, -0.05) is 0 Å². The number of rotatable bonds is 4. The molecular formula is C11H14ClN3O. The van der Waals surface area contributed by atoms with Crippen LogP contribution in [0.25, 0.3) is 0 Å². The Morgan fingerprint density at radius 3 is 2.88 bits per heavy atom. The molecule has 5 heteroatoms. The fraction of sp³-hybridized carbons (Fsp3) is 0.364. The third-order valence-electron chi connectivity index (χ3n) is 2.23. The lowest BCUT2D eigenvalue weighted by Crippen LogP contribution is -2.00. The van der Waals surface area contributed by atoms with Crippen LogP contribution in [0.1, 0.15) is 25.6 Å². The SMILES string of the molecule is CC(C)n1cc(NCc2ccc(Cl)o2)cn1. The van der Waals surface area contributed by atoms with Crippen LogP contribution in [-0.4, -0.2) is 9.78 Å². The highest BCUT2D eigenvalue weighted by molar-refractivity contribution is 6.28. The number of furan rings is 1. The zero-order valence-corrected chi connectivity index (χ0v) is 10.0. The van der Waals surface area contributed by atoms with Gasteiger partial charge in [0, 0.05) is 12.2 Å². The Morgan fingerprint density at radius 1 is 1.50 bits per heavy atom. The van der Waals surface area contributed by atoms with E-state index in [1.54, 1.807) is 12.3 Å². The minimum Gasteiger partial charge on any atom is -0.448 e.